The predicted molar refractivity (Wildman–Crippen MR) is 75.7 cm³/mol. The summed E-state index contributed by atoms with van der Waals surface area (Å²) < 4.78 is 8.22. The van der Waals surface area contributed by atoms with Gasteiger partial charge in [-0.2, -0.15) is 0 Å². The molecule has 18 heavy (non-hydrogen) atoms. The number of para-hydroxylation sites is 1. The molecule has 98 valence electrons. The lowest BCUT2D eigenvalue weighted by Crippen LogP contribution is -2.39. The number of morpholine rings is 1. The second-order valence-electron chi connectivity index (χ2n) is 4.14. The number of hydrogen-bond acceptors (Lipinski definition) is 4. The summed E-state index contributed by atoms with van der Waals surface area (Å²) in [6, 6.07) is 7.95. The number of rotatable bonds is 2. The molecule has 4 nitrogen and oxygen atoms in total. The lowest BCUT2D eigenvalue weighted by Gasteiger charge is -2.26. The molecule has 2 heterocycles. The fourth-order valence-corrected chi connectivity index (χ4v) is 2.97. The van der Waals surface area contributed by atoms with Gasteiger partial charge in [-0.1, -0.05) is 23.5 Å². The summed E-state index contributed by atoms with van der Waals surface area (Å²) in [6.45, 7) is 3.99. The molecule has 1 aliphatic heterocycles. The molecule has 0 radical (unpaired) electrons. The third kappa shape index (κ3) is 2.59. The summed E-state index contributed by atoms with van der Waals surface area (Å²) in [5, 5.41) is 0. The van der Waals surface area contributed by atoms with Crippen LogP contribution in [0.2, 0.25) is 0 Å². The maximum absolute atomic E-state index is 11.9. The van der Waals surface area contributed by atoms with Crippen molar-refractivity contribution >= 4 is 34.0 Å². The van der Waals surface area contributed by atoms with Gasteiger partial charge in [-0.15, -0.1) is 12.4 Å². The molecule has 0 amide bonds. The average molecular weight is 287 g/mol. The zero-order valence-electron chi connectivity index (χ0n) is 9.87. The van der Waals surface area contributed by atoms with Crippen molar-refractivity contribution in [3.8, 4) is 0 Å². The van der Waals surface area contributed by atoms with Crippen molar-refractivity contribution in [1.82, 2.24) is 9.47 Å². The first-order chi connectivity index (χ1) is 8.34. The summed E-state index contributed by atoms with van der Waals surface area (Å²) in [5.41, 5.74) is 1.04. The Labute approximate surface area is 115 Å². The van der Waals surface area contributed by atoms with Crippen molar-refractivity contribution < 1.29 is 4.74 Å². The highest BCUT2D eigenvalue weighted by molar-refractivity contribution is 7.16. The molecular weight excluding hydrogens is 272 g/mol. The summed E-state index contributed by atoms with van der Waals surface area (Å²) in [6.07, 6.45) is 0. The van der Waals surface area contributed by atoms with Gasteiger partial charge < -0.3 is 4.74 Å². The standard InChI is InChI=1S/C12H14N2O2S.ClH/c15-12-14(9-13-5-7-16-8-6-13)10-3-1-2-4-11(10)17-12;/h1-4H,5-9H2;1H. The maximum atomic E-state index is 11.9. The van der Waals surface area contributed by atoms with E-state index in [9.17, 15) is 4.79 Å². The fraction of sp³-hybridized carbons (Fsp3) is 0.417. The van der Waals surface area contributed by atoms with Gasteiger partial charge in [-0.3, -0.25) is 14.3 Å². The Bertz CT molecular complexity index is 575. The molecule has 1 aliphatic rings. The zero-order valence-corrected chi connectivity index (χ0v) is 11.5. The number of nitrogens with zero attached hydrogens (tertiary/aromatic N) is 2. The minimum atomic E-state index is 0. The number of halogens is 1. The highest BCUT2D eigenvalue weighted by Gasteiger charge is 2.13. The lowest BCUT2D eigenvalue weighted by molar-refractivity contribution is 0.0238. The van der Waals surface area contributed by atoms with Crippen LogP contribution in [0.15, 0.2) is 29.1 Å². The van der Waals surface area contributed by atoms with E-state index in [4.69, 9.17) is 4.74 Å². The molecule has 6 heteroatoms. The van der Waals surface area contributed by atoms with E-state index >= 15 is 0 Å². The first kappa shape index (κ1) is 13.5. The molecule has 1 fully saturated rings. The molecule has 1 saturated heterocycles. The molecule has 1 aromatic carbocycles. The van der Waals surface area contributed by atoms with E-state index in [1.54, 1.807) is 0 Å². The van der Waals surface area contributed by atoms with Crippen molar-refractivity contribution in [2.75, 3.05) is 26.3 Å². The molecule has 1 aromatic heterocycles. The monoisotopic (exact) mass is 286 g/mol. The Kier molecular flexibility index (Phi) is 4.40. The van der Waals surface area contributed by atoms with E-state index in [-0.39, 0.29) is 17.3 Å². The van der Waals surface area contributed by atoms with Crippen LogP contribution in [0.4, 0.5) is 0 Å². The van der Waals surface area contributed by atoms with E-state index in [2.05, 4.69) is 4.90 Å². The Morgan fingerprint density at radius 2 is 1.94 bits per heavy atom. The lowest BCUT2D eigenvalue weighted by atomic mass is 10.3. The molecule has 0 saturated carbocycles. The Morgan fingerprint density at radius 3 is 2.72 bits per heavy atom. The van der Waals surface area contributed by atoms with Crippen LogP contribution >= 0.6 is 23.7 Å². The van der Waals surface area contributed by atoms with E-state index in [1.807, 2.05) is 28.8 Å². The van der Waals surface area contributed by atoms with Crippen LogP contribution in [0.1, 0.15) is 0 Å². The first-order valence-corrected chi connectivity index (χ1v) is 6.55. The van der Waals surface area contributed by atoms with Crippen molar-refractivity contribution in [1.29, 1.82) is 0 Å². The summed E-state index contributed by atoms with van der Waals surface area (Å²) in [7, 11) is 0. The van der Waals surface area contributed by atoms with Crippen LogP contribution in [0.3, 0.4) is 0 Å². The zero-order chi connectivity index (χ0) is 11.7. The molecular formula is C12H15ClN2O2S. The van der Waals surface area contributed by atoms with E-state index in [0.717, 1.165) is 36.5 Å². The third-order valence-corrected chi connectivity index (χ3v) is 3.98. The second-order valence-corrected chi connectivity index (χ2v) is 5.13. The van der Waals surface area contributed by atoms with Crippen molar-refractivity contribution in [2.45, 2.75) is 6.67 Å². The maximum Gasteiger partial charge on any atom is 0.309 e. The Hall–Kier alpha value is -0.880. The smallest absolute Gasteiger partial charge is 0.309 e. The molecule has 0 N–H and O–H groups in total. The Balaban J connectivity index is 0.00000120. The molecule has 2 aromatic rings. The van der Waals surface area contributed by atoms with Crippen molar-refractivity contribution in [3.05, 3.63) is 33.9 Å². The predicted octanol–water partition coefficient (Wildman–Crippen LogP) is 1.77. The molecule has 3 rings (SSSR count). The van der Waals surface area contributed by atoms with E-state index < -0.39 is 0 Å². The van der Waals surface area contributed by atoms with E-state index in [1.165, 1.54) is 11.3 Å². The topological polar surface area (TPSA) is 34.5 Å². The normalized spacial score (nSPS) is 16.7. The van der Waals surface area contributed by atoms with Crippen LogP contribution in [-0.4, -0.2) is 35.8 Å². The molecule has 0 atom stereocenters. The number of benzene rings is 1. The summed E-state index contributed by atoms with van der Waals surface area (Å²) in [5.74, 6) is 0. The van der Waals surface area contributed by atoms with Crippen LogP contribution in [0.25, 0.3) is 10.2 Å². The van der Waals surface area contributed by atoms with Crippen LogP contribution in [0.5, 0.6) is 0 Å². The van der Waals surface area contributed by atoms with E-state index in [0.29, 0.717) is 6.67 Å². The number of ether oxygens (including phenoxy) is 1. The number of aromatic nitrogens is 1. The van der Waals surface area contributed by atoms with Crippen molar-refractivity contribution in [2.24, 2.45) is 0 Å². The van der Waals surface area contributed by atoms with Gasteiger partial charge in [-0.25, -0.2) is 0 Å². The SMILES string of the molecule is Cl.O=c1sc2ccccc2n1CN1CCOCC1. The minimum absolute atomic E-state index is 0. The quantitative estimate of drug-likeness (QED) is 0.844. The second kappa shape index (κ2) is 5.84. The van der Waals surface area contributed by atoms with Crippen LogP contribution in [-0.2, 0) is 11.4 Å². The largest absolute Gasteiger partial charge is 0.379 e. The molecule has 0 aliphatic carbocycles. The van der Waals surface area contributed by atoms with Gasteiger partial charge in [0, 0.05) is 13.1 Å². The highest BCUT2D eigenvalue weighted by Crippen LogP contribution is 2.16. The number of hydrogen-bond donors (Lipinski definition) is 0. The number of fused-ring (bicyclic) bond motifs is 1. The van der Waals surface area contributed by atoms with Gasteiger partial charge in [0.2, 0.25) is 0 Å². The van der Waals surface area contributed by atoms with Crippen LogP contribution in [0, 0.1) is 0 Å². The minimum Gasteiger partial charge on any atom is -0.379 e. The number of thiazole rings is 1. The molecule has 0 bridgehead atoms. The van der Waals surface area contributed by atoms with Gasteiger partial charge in [0.15, 0.2) is 0 Å². The Morgan fingerprint density at radius 1 is 1.22 bits per heavy atom. The molecule has 0 unspecified atom stereocenters. The first-order valence-electron chi connectivity index (χ1n) is 5.73. The fourth-order valence-electron chi connectivity index (χ4n) is 2.09. The highest BCUT2D eigenvalue weighted by atomic mass is 35.5. The average Bonchev–Trinajstić information content (AvgIpc) is 2.68. The third-order valence-electron chi connectivity index (χ3n) is 3.02. The summed E-state index contributed by atoms with van der Waals surface area (Å²) >= 11 is 1.32. The molecule has 0 spiro atoms. The van der Waals surface area contributed by atoms with Crippen LogP contribution < -0.4 is 4.87 Å². The van der Waals surface area contributed by atoms with Gasteiger partial charge >= 0.3 is 4.87 Å². The van der Waals surface area contributed by atoms with Gasteiger partial charge in [0.05, 0.1) is 30.1 Å². The van der Waals surface area contributed by atoms with Gasteiger partial charge in [0.25, 0.3) is 0 Å². The van der Waals surface area contributed by atoms with Gasteiger partial charge in [0.1, 0.15) is 0 Å². The van der Waals surface area contributed by atoms with Gasteiger partial charge in [-0.05, 0) is 12.1 Å². The van der Waals surface area contributed by atoms with Crippen molar-refractivity contribution in [3.63, 3.8) is 0 Å². The summed E-state index contributed by atoms with van der Waals surface area (Å²) in [4.78, 5) is 14.3.